The smallest absolute Gasteiger partial charge is 0.416 e. The summed E-state index contributed by atoms with van der Waals surface area (Å²) in [4.78, 5) is 22.7. The third kappa shape index (κ3) is 4.91. The number of hydrogen-bond donors (Lipinski definition) is 1. The predicted molar refractivity (Wildman–Crippen MR) is 74.0 cm³/mol. The summed E-state index contributed by atoms with van der Waals surface area (Å²) in [6.07, 6.45) is -2.04. The number of alkyl halides is 3. The fourth-order valence-electron chi connectivity index (χ4n) is 1.81. The highest BCUT2D eigenvalue weighted by atomic mass is 19.4. The maximum Gasteiger partial charge on any atom is 0.416 e. The van der Waals surface area contributed by atoms with Gasteiger partial charge in [-0.1, -0.05) is 24.3 Å². The largest absolute Gasteiger partial charge is 0.466 e. The number of ether oxygens (including phenoxy) is 1. The minimum atomic E-state index is -4.52. The van der Waals surface area contributed by atoms with Crippen LogP contribution in [0.15, 0.2) is 36.4 Å². The van der Waals surface area contributed by atoms with Crippen LogP contribution in [0.3, 0.4) is 0 Å². The van der Waals surface area contributed by atoms with Crippen molar-refractivity contribution in [2.45, 2.75) is 19.0 Å². The van der Waals surface area contributed by atoms with E-state index in [1.54, 1.807) is 0 Å². The molecule has 0 bridgehead atoms. The van der Waals surface area contributed by atoms with Gasteiger partial charge in [-0.15, -0.1) is 0 Å². The zero-order valence-electron chi connectivity index (χ0n) is 12.1. The van der Waals surface area contributed by atoms with E-state index in [4.69, 9.17) is 0 Å². The van der Waals surface area contributed by atoms with E-state index in [9.17, 15) is 22.8 Å². The summed E-state index contributed by atoms with van der Waals surface area (Å²) in [6, 6.07) is 4.94. The molecule has 0 fully saturated rings. The molecule has 1 aromatic rings. The average Bonchev–Trinajstić information content (AvgIpc) is 2.49. The molecule has 1 N–H and O–H groups in total. The van der Waals surface area contributed by atoms with Gasteiger partial charge in [-0.05, 0) is 18.6 Å². The molecule has 0 saturated heterocycles. The van der Waals surface area contributed by atoms with Crippen LogP contribution in [-0.4, -0.2) is 25.5 Å². The fourth-order valence-corrected chi connectivity index (χ4v) is 1.81. The van der Waals surface area contributed by atoms with Crippen LogP contribution in [0, 0.1) is 0 Å². The summed E-state index contributed by atoms with van der Waals surface area (Å²) in [6.45, 7) is 1.41. The summed E-state index contributed by atoms with van der Waals surface area (Å²) in [5.41, 5.74) is -0.924. The van der Waals surface area contributed by atoms with Crippen molar-refractivity contribution in [3.63, 3.8) is 0 Å². The molecule has 0 aliphatic rings. The van der Waals surface area contributed by atoms with E-state index in [0.717, 1.165) is 12.1 Å². The maximum atomic E-state index is 12.9. The topological polar surface area (TPSA) is 55.4 Å². The van der Waals surface area contributed by atoms with E-state index in [0.29, 0.717) is 0 Å². The molecule has 1 atom stereocenters. The van der Waals surface area contributed by atoms with E-state index in [-0.39, 0.29) is 12.1 Å². The lowest BCUT2D eigenvalue weighted by molar-refractivity contribution is -0.138. The summed E-state index contributed by atoms with van der Waals surface area (Å²) in [7, 11) is 1.21. The van der Waals surface area contributed by atoms with E-state index >= 15 is 0 Å². The van der Waals surface area contributed by atoms with E-state index in [1.807, 2.05) is 0 Å². The molecule has 1 unspecified atom stereocenters. The number of halogens is 3. The Bertz CT molecular complexity index is 567. The first-order chi connectivity index (χ1) is 10.3. The van der Waals surface area contributed by atoms with Crippen molar-refractivity contribution >= 4 is 11.9 Å². The molecule has 1 rings (SSSR count). The maximum absolute atomic E-state index is 12.9. The third-order valence-electron chi connectivity index (χ3n) is 2.98. The first-order valence-electron chi connectivity index (χ1n) is 6.45. The molecule has 0 spiro atoms. The van der Waals surface area contributed by atoms with Gasteiger partial charge in [0, 0.05) is 12.6 Å². The molecule has 0 aliphatic heterocycles. The molecule has 22 heavy (non-hydrogen) atoms. The highest BCUT2D eigenvalue weighted by Crippen LogP contribution is 2.35. The normalized spacial score (nSPS) is 13.0. The molecule has 7 heteroatoms. The predicted octanol–water partition coefficient (Wildman–Crippen LogP) is 2.65. The van der Waals surface area contributed by atoms with Crippen LogP contribution >= 0.6 is 0 Å². The highest BCUT2D eigenvalue weighted by Gasteiger charge is 2.35. The number of methoxy groups -OCH3 is 1. The number of amides is 1. The second-order valence-electron chi connectivity index (χ2n) is 4.48. The molecule has 4 nitrogen and oxygen atoms in total. The Morgan fingerprint density at radius 2 is 1.95 bits per heavy atom. The molecule has 1 aromatic carbocycles. The molecule has 1 amide bonds. The van der Waals surface area contributed by atoms with Crippen molar-refractivity contribution in [3.05, 3.63) is 47.5 Å². The molecule has 0 heterocycles. The Morgan fingerprint density at radius 3 is 2.55 bits per heavy atom. The second-order valence-corrected chi connectivity index (χ2v) is 4.48. The van der Waals surface area contributed by atoms with Gasteiger partial charge < -0.3 is 10.1 Å². The van der Waals surface area contributed by atoms with Crippen molar-refractivity contribution in [2.75, 3.05) is 13.7 Å². The monoisotopic (exact) mass is 315 g/mol. The van der Waals surface area contributed by atoms with Crippen molar-refractivity contribution in [3.8, 4) is 0 Å². The number of carbonyl (C=O) groups excluding carboxylic acids is 2. The first-order valence-corrected chi connectivity index (χ1v) is 6.45. The number of nitrogens with one attached hydrogen (secondary N) is 1. The number of hydrogen-bond acceptors (Lipinski definition) is 3. The van der Waals surface area contributed by atoms with Gasteiger partial charge >= 0.3 is 12.1 Å². The van der Waals surface area contributed by atoms with Crippen LogP contribution in [0.1, 0.15) is 24.0 Å². The number of benzene rings is 1. The Labute approximate surface area is 126 Å². The van der Waals surface area contributed by atoms with Gasteiger partial charge in [0.25, 0.3) is 0 Å². The molecule has 0 radical (unpaired) electrons. The zero-order valence-corrected chi connectivity index (χ0v) is 12.1. The summed E-state index contributed by atoms with van der Waals surface area (Å²) < 4.78 is 43.1. The van der Waals surface area contributed by atoms with Crippen molar-refractivity contribution < 1.29 is 27.5 Å². The van der Waals surface area contributed by atoms with Gasteiger partial charge in [0.05, 0.1) is 18.6 Å². The molecular formula is C15H16F3NO3. The third-order valence-corrected chi connectivity index (χ3v) is 2.98. The van der Waals surface area contributed by atoms with Crippen LogP contribution in [0.2, 0.25) is 0 Å². The second kappa shape index (κ2) is 7.63. The van der Waals surface area contributed by atoms with Crippen LogP contribution in [0.5, 0.6) is 0 Å². The Balaban J connectivity index is 2.76. The standard InChI is InChI=1S/C15H16F3NO3/c1-10(14(21)19-9-5-8-13(20)22-2)11-6-3-4-7-12(11)15(16,17)18/h3-8,10H,9H2,1-2H3,(H,19,21)/b8-5+. The minimum absolute atomic E-state index is 0.0203. The van der Waals surface area contributed by atoms with Crippen molar-refractivity contribution in [1.29, 1.82) is 0 Å². The SMILES string of the molecule is COC(=O)/C=C/CNC(=O)C(C)c1ccccc1C(F)(F)F. The summed E-state index contributed by atoms with van der Waals surface area (Å²) in [5, 5.41) is 2.44. The van der Waals surface area contributed by atoms with Crippen LogP contribution in [-0.2, 0) is 20.5 Å². The zero-order chi connectivity index (χ0) is 16.8. The van der Waals surface area contributed by atoms with Crippen LogP contribution in [0.25, 0.3) is 0 Å². The van der Waals surface area contributed by atoms with Gasteiger partial charge in [0.1, 0.15) is 0 Å². The number of esters is 1. The van der Waals surface area contributed by atoms with Gasteiger partial charge in [-0.2, -0.15) is 13.2 Å². The van der Waals surface area contributed by atoms with Gasteiger partial charge in [-0.3, -0.25) is 4.79 Å². The van der Waals surface area contributed by atoms with E-state index in [1.165, 1.54) is 38.3 Å². The first kappa shape index (κ1) is 17.7. The summed E-state index contributed by atoms with van der Waals surface area (Å²) >= 11 is 0. The highest BCUT2D eigenvalue weighted by molar-refractivity contribution is 5.84. The van der Waals surface area contributed by atoms with Crippen LogP contribution < -0.4 is 5.32 Å². The molecule has 0 aliphatic carbocycles. The quantitative estimate of drug-likeness (QED) is 0.671. The van der Waals surface area contributed by atoms with E-state index < -0.39 is 29.5 Å². The lowest BCUT2D eigenvalue weighted by Gasteiger charge is -2.17. The Kier molecular flexibility index (Phi) is 6.15. The van der Waals surface area contributed by atoms with Crippen molar-refractivity contribution in [1.82, 2.24) is 5.32 Å². The molecule has 0 saturated carbocycles. The average molecular weight is 315 g/mol. The van der Waals surface area contributed by atoms with Crippen molar-refractivity contribution in [2.24, 2.45) is 0 Å². The molecule has 0 aromatic heterocycles. The summed E-state index contributed by atoms with van der Waals surface area (Å²) in [5.74, 6) is -2.11. The lowest BCUT2D eigenvalue weighted by Crippen LogP contribution is -2.29. The Hall–Kier alpha value is -2.31. The lowest BCUT2D eigenvalue weighted by atomic mass is 9.94. The fraction of sp³-hybridized carbons (Fsp3) is 0.333. The van der Waals surface area contributed by atoms with E-state index in [2.05, 4.69) is 10.1 Å². The van der Waals surface area contributed by atoms with Gasteiger partial charge in [0.2, 0.25) is 5.91 Å². The van der Waals surface area contributed by atoms with Gasteiger partial charge in [-0.25, -0.2) is 4.79 Å². The minimum Gasteiger partial charge on any atom is -0.466 e. The molecule has 120 valence electrons. The number of rotatable bonds is 5. The molecular weight excluding hydrogens is 299 g/mol. The van der Waals surface area contributed by atoms with Gasteiger partial charge in [0.15, 0.2) is 0 Å². The number of carbonyl (C=O) groups is 2. The van der Waals surface area contributed by atoms with Crippen LogP contribution in [0.4, 0.5) is 13.2 Å². The Morgan fingerprint density at radius 1 is 1.32 bits per heavy atom.